The Labute approximate surface area is 106 Å². The third kappa shape index (κ3) is 2.58. The van der Waals surface area contributed by atoms with Crippen molar-refractivity contribution >= 4 is 21.6 Å². The van der Waals surface area contributed by atoms with Crippen LogP contribution in [0.2, 0.25) is 0 Å². The van der Waals surface area contributed by atoms with E-state index in [9.17, 15) is 0 Å². The van der Waals surface area contributed by atoms with Crippen LogP contribution in [0.5, 0.6) is 0 Å². The molecule has 2 N–H and O–H groups in total. The molecule has 0 aliphatic carbocycles. The van der Waals surface area contributed by atoms with Crippen molar-refractivity contribution in [3.63, 3.8) is 0 Å². The van der Waals surface area contributed by atoms with Gasteiger partial charge in [-0.2, -0.15) is 0 Å². The van der Waals surface area contributed by atoms with Gasteiger partial charge in [0.2, 0.25) is 0 Å². The lowest BCUT2D eigenvalue weighted by Gasteiger charge is -2.21. The fourth-order valence-corrected chi connectivity index (χ4v) is 2.76. The van der Waals surface area contributed by atoms with E-state index in [1.165, 1.54) is 12.1 Å². The van der Waals surface area contributed by atoms with Gasteiger partial charge in [0.1, 0.15) is 0 Å². The van der Waals surface area contributed by atoms with E-state index in [1.54, 1.807) is 0 Å². The first-order valence-electron chi connectivity index (χ1n) is 5.96. The highest BCUT2D eigenvalue weighted by molar-refractivity contribution is 9.10. The summed E-state index contributed by atoms with van der Waals surface area (Å²) in [7, 11) is 0. The SMILES string of the molecule is CCC(N)C1CCN(c2cccc(Br)c2)C1. The number of nitrogens with zero attached hydrogens (tertiary/aromatic N) is 1. The number of hydrogen-bond donors (Lipinski definition) is 1. The van der Waals surface area contributed by atoms with Gasteiger partial charge < -0.3 is 10.6 Å². The van der Waals surface area contributed by atoms with Crippen LogP contribution in [-0.4, -0.2) is 19.1 Å². The van der Waals surface area contributed by atoms with Gasteiger partial charge in [-0.25, -0.2) is 0 Å². The number of anilines is 1. The van der Waals surface area contributed by atoms with Crippen molar-refractivity contribution < 1.29 is 0 Å². The Morgan fingerprint density at radius 2 is 2.38 bits per heavy atom. The Hall–Kier alpha value is -0.540. The molecule has 2 nitrogen and oxygen atoms in total. The van der Waals surface area contributed by atoms with Gasteiger partial charge in [-0.15, -0.1) is 0 Å². The molecule has 0 radical (unpaired) electrons. The van der Waals surface area contributed by atoms with Crippen molar-refractivity contribution in [1.29, 1.82) is 0 Å². The highest BCUT2D eigenvalue weighted by Crippen LogP contribution is 2.27. The molecule has 0 spiro atoms. The number of benzene rings is 1. The lowest BCUT2D eigenvalue weighted by Crippen LogP contribution is -2.31. The molecule has 2 atom stereocenters. The van der Waals surface area contributed by atoms with Crippen molar-refractivity contribution in [3.05, 3.63) is 28.7 Å². The van der Waals surface area contributed by atoms with Gasteiger partial charge in [-0.3, -0.25) is 0 Å². The summed E-state index contributed by atoms with van der Waals surface area (Å²) in [5, 5.41) is 0. The predicted octanol–water partition coefficient (Wildman–Crippen LogP) is 3.01. The van der Waals surface area contributed by atoms with Gasteiger partial charge in [0.15, 0.2) is 0 Å². The van der Waals surface area contributed by atoms with Crippen LogP contribution in [0.1, 0.15) is 19.8 Å². The first-order valence-corrected chi connectivity index (χ1v) is 6.76. The highest BCUT2D eigenvalue weighted by atomic mass is 79.9. The van der Waals surface area contributed by atoms with Crippen LogP contribution in [0.3, 0.4) is 0 Å². The molecule has 2 rings (SSSR count). The minimum Gasteiger partial charge on any atom is -0.371 e. The molecule has 1 aliphatic rings. The van der Waals surface area contributed by atoms with Crippen LogP contribution < -0.4 is 10.6 Å². The van der Waals surface area contributed by atoms with Crippen LogP contribution in [0.25, 0.3) is 0 Å². The maximum absolute atomic E-state index is 6.11. The Bertz CT molecular complexity index is 354. The zero-order valence-corrected chi connectivity index (χ0v) is 11.3. The molecule has 0 saturated carbocycles. The zero-order chi connectivity index (χ0) is 11.5. The quantitative estimate of drug-likeness (QED) is 0.924. The molecule has 1 aromatic rings. The molecule has 1 fully saturated rings. The molecule has 0 aromatic heterocycles. The second-order valence-corrected chi connectivity index (χ2v) is 5.46. The lowest BCUT2D eigenvalue weighted by molar-refractivity contribution is 0.447. The van der Waals surface area contributed by atoms with Crippen LogP contribution in [0.4, 0.5) is 5.69 Å². The third-order valence-electron chi connectivity index (χ3n) is 3.47. The lowest BCUT2D eigenvalue weighted by atomic mass is 9.98. The van der Waals surface area contributed by atoms with E-state index >= 15 is 0 Å². The molecule has 0 amide bonds. The van der Waals surface area contributed by atoms with Gasteiger partial charge in [0.05, 0.1) is 0 Å². The fraction of sp³-hybridized carbons (Fsp3) is 0.538. The summed E-state index contributed by atoms with van der Waals surface area (Å²) >= 11 is 3.52. The zero-order valence-electron chi connectivity index (χ0n) is 9.70. The van der Waals surface area contributed by atoms with E-state index in [2.05, 4.69) is 52.0 Å². The van der Waals surface area contributed by atoms with Crippen molar-refractivity contribution in [2.75, 3.05) is 18.0 Å². The van der Waals surface area contributed by atoms with Crippen molar-refractivity contribution in [1.82, 2.24) is 0 Å². The maximum atomic E-state index is 6.11. The topological polar surface area (TPSA) is 29.3 Å². The monoisotopic (exact) mass is 282 g/mol. The van der Waals surface area contributed by atoms with Gasteiger partial charge in [-0.05, 0) is 37.0 Å². The predicted molar refractivity (Wildman–Crippen MR) is 72.7 cm³/mol. The molecule has 16 heavy (non-hydrogen) atoms. The van der Waals surface area contributed by atoms with Gasteiger partial charge >= 0.3 is 0 Å². The fourth-order valence-electron chi connectivity index (χ4n) is 2.38. The van der Waals surface area contributed by atoms with Crippen molar-refractivity contribution in [2.45, 2.75) is 25.8 Å². The molecule has 2 unspecified atom stereocenters. The van der Waals surface area contributed by atoms with Gasteiger partial charge in [-0.1, -0.05) is 28.9 Å². The Morgan fingerprint density at radius 3 is 3.06 bits per heavy atom. The minimum atomic E-state index is 0.358. The first kappa shape index (κ1) is 11.9. The molecule has 3 heteroatoms. The maximum Gasteiger partial charge on any atom is 0.0377 e. The summed E-state index contributed by atoms with van der Waals surface area (Å²) < 4.78 is 1.15. The smallest absolute Gasteiger partial charge is 0.0377 e. The number of nitrogens with two attached hydrogens (primary N) is 1. The minimum absolute atomic E-state index is 0.358. The van der Waals surface area contributed by atoms with Crippen molar-refractivity contribution in [3.8, 4) is 0 Å². The van der Waals surface area contributed by atoms with Gasteiger partial charge in [0.25, 0.3) is 0 Å². The molecule has 0 bridgehead atoms. The standard InChI is InChI=1S/C13H19BrN2/c1-2-13(15)10-6-7-16(9-10)12-5-3-4-11(14)8-12/h3-5,8,10,13H,2,6-7,9,15H2,1H3. The largest absolute Gasteiger partial charge is 0.371 e. The number of rotatable bonds is 3. The summed E-state index contributed by atoms with van der Waals surface area (Å²) in [5.41, 5.74) is 7.42. The van der Waals surface area contributed by atoms with E-state index in [-0.39, 0.29) is 0 Å². The Kier molecular flexibility index (Phi) is 3.87. The molecule has 1 heterocycles. The summed E-state index contributed by atoms with van der Waals surface area (Å²) in [4.78, 5) is 2.44. The Morgan fingerprint density at radius 1 is 1.56 bits per heavy atom. The normalized spacial score (nSPS) is 22.4. The molecule has 1 saturated heterocycles. The van der Waals surface area contributed by atoms with Gasteiger partial charge in [0, 0.05) is 29.3 Å². The van der Waals surface area contributed by atoms with E-state index in [0.29, 0.717) is 12.0 Å². The molecule has 88 valence electrons. The third-order valence-corrected chi connectivity index (χ3v) is 3.97. The molecule has 1 aromatic carbocycles. The van der Waals surface area contributed by atoms with E-state index in [1.807, 2.05) is 0 Å². The van der Waals surface area contributed by atoms with Crippen molar-refractivity contribution in [2.24, 2.45) is 11.7 Å². The van der Waals surface area contributed by atoms with E-state index in [0.717, 1.165) is 24.0 Å². The number of halogens is 1. The average Bonchev–Trinajstić information content (AvgIpc) is 2.77. The summed E-state index contributed by atoms with van der Waals surface area (Å²) in [6, 6.07) is 8.86. The van der Waals surface area contributed by atoms with Crippen LogP contribution in [0, 0.1) is 5.92 Å². The molecule has 1 aliphatic heterocycles. The van der Waals surface area contributed by atoms with E-state index < -0.39 is 0 Å². The molecular formula is C13H19BrN2. The second-order valence-electron chi connectivity index (χ2n) is 4.55. The summed E-state index contributed by atoms with van der Waals surface area (Å²) in [6.07, 6.45) is 2.30. The van der Waals surface area contributed by atoms with E-state index in [4.69, 9.17) is 5.73 Å². The average molecular weight is 283 g/mol. The van der Waals surface area contributed by atoms with Crippen LogP contribution in [-0.2, 0) is 0 Å². The summed E-state index contributed by atoms with van der Waals surface area (Å²) in [5.74, 6) is 0.656. The summed E-state index contributed by atoms with van der Waals surface area (Å²) in [6.45, 7) is 4.41. The molecular weight excluding hydrogens is 264 g/mol. The van der Waals surface area contributed by atoms with Crippen LogP contribution >= 0.6 is 15.9 Å². The van der Waals surface area contributed by atoms with Crippen LogP contribution in [0.15, 0.2) is 28.7 Å². The first-order chi connectivity index (χ1) is 7.70. The Balaban J connectivity index is 2.03. The highest BCUT2D eigenvalue weighted by Gasteiger charge is 2.26. The second kappa shape index (κ2) is 5.19. The number of hydrogen-bond acceptors (Lipinski definition) is 2.